The van der Waals surface area contributed by atoms with Gasteiger partial charge in [0.05, 0.1) is 13.2 Å². The van der Waals surface area contributed by atoms with E-state index in [0.717, 1.165) is 51.8 Å². The van der Waals surface area contributed by atoms with Crippen LogP contribution in [0.15, 0.2) is 34.4 Å². The Balaban J connectivity index is 1.43. The molecular weight excluding hydrogens is 368 g/mol. The maximum atomic E-state index is 12.2. The summed E-state index contributed by atoms with van der Waals surface area (Å²) in [6.45, 7) is 6.20. The zero-order valence-corrected chi connectivity index (χ0v) is 16.5. The number of hydrogen-bond donors (Lipinski definition) is 2. The molecule has 1 atom stereocenters. The molecule has 1 aromatic rings. The first kappa shape index (κ1) is 20.0. The zero-order valence-electron chi connectivity index (χ0n) is 15.7. The van der Waals surface area contributed by atoms with Crippen LogP contribution in [0, 0.1) is 0 Å². The molecule has 9 nitrogen and oxygen atoms in total. The predicted octanol–water partition coefficient (Wildman–Crippen LogP) is -0.658. The van der Waals surface area contributed by atoms with E-state index in [1.165, 1.54) is 12.3 Å². The van der Waals surface area contributed by atoms with Crippen LogP contribution in [0.1, 0.15) is 6.42 Å². The SMILES string of the molecule is CN=C(NCCNS(=O)(=O)c1cccnc1)N1CCC(N2CCOCC2)C1. The van der Waals surface area contributed by atoms with Crippen LogP contribution in [-0.4, -0.2) is 94.7 Å². The Kier molecular flexibility index (Phi) is 7.00. The number of nitrogens with one attached hydrogen (secondary N) is 2. The fraction of sp³-hybridized carbons (Fsp3) is 0.647. The monoisotopic (exact) mass is 396 g/mol. The molecule has 2 aliphatic rings. The summed E-state index contributed by atoms with van der Waals surface area (Å²) in [5.74, 6) is 0.811. The van der Waals surface area contributed by atoms with Crippen molar-refractivity contribution in [3.05, 3.63) is 24.5 Å². The minimum atomic E-state index is -3.53. The van der Waals surface area contributed by atoms with Crippen LogP contribution in [0.5, 0.6) is 0 Å². The Morgan fingerprint density at radius 2 is 2.15 bits per heavy atom. The fourth-order valence-electron chi connectivity index (χ4n) is 3.46. The van der Waals surface area contributed by atoms with Crippen molar-refractivity contribution in [2.45, 2.75) is 17.4 Å². The topological polar surface area (TPSA) is 99.2 Å². The average molecular weight is 397 g/mol. The van der Waals surface area contributed by atoms with Crippen LogP contribution in [0.4, 0.5) is 0 Å². The van der Waals surface area contributed by atoms with Crippen LogP contribution in [0.25, 0.3) is 0 Å². The van der Waals surface area contributed by atoms with Crippen molar-refractivity contribution in [1.29, 1.82) is 0 Å². The number of likely N-dealkylation sites (tertiary alicyclic amines) is 1. The highest BCUT2D eigenvalue weighted by Crippen LogP contribution is 2.17. The molecule has 10 heteroatoms. The summed E-state index contributed by atoms with van der Waals surface area (Å²) in [5, 5.41) is 3.25. The number of sulfonamides is 1. The first-order valence-electron chi connectivity index (χ1n) is 9.27. The number of hydrogen-bond acceptors (Lipinski definition) is 6. The van der Waals surface area contributed by atoms with Gasteiger partial charge in [-0.25, -0.2) is 13.1 Å². The normalized spacial score (nSPS) is 22.2. The van der Waals surface area contributed by atoms with Crippen molar-refractivity contribution in [2.75, 3.05) is 59.5 Å². The molecule has 0 spiro atoms. The maximum absolute atomic E-state index is 12.2. The molecule has 3 heterocycles. The summed E-state index contributed by atoms with van der Waals surface area (Å²) in [6.07, 6.45) is 3.99. The van der Waals surface area contributed by atoms with Crippen molar-refractivity contribution >= 4 is 16.0 Å². The van der Waals surface area contributed by atoms with E-state index in [-0.39, 0.29) is 11.4 Å². The Labute approximate surface area is 160 Å². The summed E-state index contributed by atoms with van der Waals surface area (Å²) in [6, 6.07) is 3.65. The first-order valence-corrected chi connectivity index (χ1v) is 10.8. The minimum Gasteiger partial charge on any atom is -0.379 e. The van der Waals surface area contributed by atoms with E-state index in [1.54, 1.807) is 19.3 Å². The van der Waals surface area contributed by atoms with E-state index < -0.39 is 10.0 Å². The molecule has 3 rings (SSSR count). The van der Waals surface area contributed by atoms with Crippen molar-refractivity contribution in [2.24, 2.45) is 4.99 Å². The number of aromatic nitrogens is 1. The third kappa shape index (κ3) is 5.38. The smallest absolute Gasteiger partial charge is 0.242 e. The van der Waals surface area contributed by atoms with Crippen molar-refractivity contribution in [3.63, 3.8) is 0 Å². The van der Waals surface area contributed by atoms with Gasteiger partial charge >= 0.3 is 0 Å². The lowest BCUT2D eigenvalue weighted by Gasteiger charge is -2.32. The highest BCUT2D eigenvalue weighted by molar-refractivity contribution is 7.89. The number of rotatable bonds is 6. The summed E-state index contributed by atoms with van der Waals surface area (Å²) in [4.78, 5) is 13.1. The molecule has 1 aromatic heterocycles. The molecule has 2 fully saturated rings. The Bertz CT molecular complexity index is 721. The van der Waals surface area contributed by atoms with E-state index >= 15 is 0 Å². The second kappa shape index (κ2) is 9.45. The molecule has 2 aliphatic heterocycles. The first-order chi connectivity index (χ1) is 13.1. The number of morpholine rings is 1. The van der Waals surface area contributed by atoms with Gasteiger partial charge in [-0.15, -0.1) is 0 Å². The molecule has 2 saturated heterocycles. The largest absolute Gasteiger partial charge is 0.379 e. The van der Waals surface area contributed by atoms with Gasteiger partial charge in [-0.1, -0.05) is 0 Å². The van der Waals surface area contributed by atoms with Crippen LogP contribution >= 0.6 is 0 Å². The second-order valence-corrected chi connectivity index (χ2v) is 8.36. The highest BCUT2D eigenvalue weighted by atomic mass is 32.2. The Morgan fingerprint density at radius 1 is 1.33 bits per heavy atom. The van der Waals surface area contributed by atoms with E-state index in [4.69, 9.17) is 4.74 Å². The predicted molar refractivity (Wildman–Crippen MR) is 103 cm³/mol. The number of pyridine rings is 1. The number of nitrogens with zero attached hydrogens (tertiary/aromatic N) is 4. The van der Waals surface area contributed by atoms with Gasteiger partial charge in [0.2, 0.25) is 10.0 Å². The summed E-state index contributed by atoms with van der Waals surface area (Å²) < 4.78 is 32.4. The number of aliphatic imine (C=N–C) groups is 1. The van der Waals surface area contributed by atoms with Crippen molar-refractivity contribution in [3.8, 4) is 0 Å². The molecule has 27 heavy (non-hydrogen) atoms. The third-order valence-electron chi connectivity index (χ3n) is 4.88. The minimum absolute atomic E-state index is 0.169. The molecule has 0 aliphatic carbocycles. The molecular formula is C17H28N6O3S. The van der Waals surface area contributed by atoms with Gasteiger partial charge in [-0.05, 0) is 18.6 Å². The maximum Gasteiger partial charge on any atom is 0.242 e. The van der Waals surface area contributed by atoms with E-state index in [1.807, 2.05) is 0 Å². The van der Waals surface area contributed by atoms with Gasteiger partial charge in [-0.3, -0.25) is 14.9 Å². The van der Waals surface area contributed by atoms with Gasteiger partial charge in [-0.2, -0.15) is 0 Å². The van der Waals surface area contributed by atoms with Crippen molar-refractivity contribution < 1.29 is 13.2 Å². The fourth-order valence-corrected chi connectivity index (χ4v) is 4.45. The molecule has 0 bridgehead atoms. The lowest BCUT2D eigenvalue weighted by molar-refractivity contribution is 0.0195. The van der Waals surface area contributed by atoms with Crippen LogP contribution in [0.3, 0.4) is 0 Å². The van der Waals surface area contributed by atoms with E-state index in [0.29, 0.717) is 12.6 Å². The molecule has 0 aromatic carbocycles. The quantitative estimate of drug-likeness (QED) is 0.374. The Hall–Kier alpha value is -1.75. The molecule has 0 radical (unpaired) electrons. The van der Waals surface area contributed by atoms with Gasteiger partial charge in [0, 0.05) is 64.8 Å². The van der Waals surface area contributed by atoms with Gasteiger partial charge < -0.3 is 15.0 Å². The molecule has 0 saturated carbocycles. The summed E-state index contributed by atoms with van der Waals surface area (Å²) in [7, 11) is -1.78. The van der Waals surface area contributed by atoms with Crippen LogP contribution < -0.4 is 10.0 Å². The second-order valence-electron chi connectivity index (χ2n) is 6.60. The zero-order chi connectivity index (χ0) is 19.1. The van der Waals surface area contributed by atoms with Gasteiger partial charge in [0.25, 0.3) is 0 Å². The van der Waals surface area contributed by atoms with Crippen molar-refractivity contribution in [1.82, 2.24) is 24.8 Å². The molecule has 0 amide bonds. The number of guanidine groups is 1. The Morgan fingerprint density at radius 3 is 2.85 bits per heavy atom. The van der Waals surface area contributed by atoms with E-state index in [9.17, 15) is 8.42 Å². The average Bonchev–Trinajstić information content (AvgIpc) is 3.19. The lowest BCUT2D eigenvalue weighted by atomic mass is 10.2. The van der Waals surface area contributed by atoms with Gasteiger partial charge in [0.15, 0.2) is 5.96 Å². The summed E-state index contributed by atoms with van der Waals surface area (Å²) >= 11 is 0. The number of ether oxygens (including phenoxy) is 1. The lowest BCUT2D eigenvalue weighted by Crippen LogP contribution is -2.47. The van der Waals surface area contributed by atoms with Crippen LogP contribution in [-0.2, 0) is 14.8 Å². The molecule has 150 valence electrons. The standard InChI is InChI=1S/C17H28N6O3S/c1-18-17(23-8-4-15(14-23)22-9-11-26-12-10-22)20-6-7-21-27(24,25)16-3-2-5-19-13-16/h2-3,5,13,15,21H,4,6-12,14H2,1H3,(H,18,20). The van der Waals surface area contributed by atoms with Crippen LogP contribution in [0.2, 0.25) is 0 Å². The van der Waals surface area contributed by atoms with Gasteiger partial charge in [0.1, 0.15) is 4.90 Å². The van der Waals surface area contributed by atoms with E-state index in [2.05, 4.69) is 29.8 Å². The molecule has 2 N–H and O–H groups in total. The highest BCUT2D eigenvalue weighted by Gasteiger charge is 2.30. The molecule has 1 unspecified atom stereocenters. The third-order valence-corrected chi connectivity index (χ3v) is 6.33. The summed E-state index contributed by atoms with van der Waals surface area (Å²) in [5.41, 5.74) is 0.